The molecule has 2 rings (SSSR count). The second kappa shape index (κ2) is 10.8. The number of ether oxygens (including phenoxy) is 3. The molecule has 11 heteroatoms. The molecule has 0 saturated carbocycles. The van der Waals surface area contributed by atoms with Crippen LogP contribution in [0.4, 0.5) is 5.69 Å². The smallest absolute Gasteiger partial charge is 0.339 e. The summed E-state index contributed by atoms with van der Waals surface area (Å²) in [5.41, 5.74) is -0.591. The van der Waals surface area contributed by atoms with Gasteiger partial charge in [-0.1, -0.05) is 12.1 Å². The molecule has 0 radical (unpaired) electrons. The predicted molar refractivity (Wildman–Crippen MR) is 120 cm³/mol. The molecular formula is C22H25NO9S. The topological polar surface area (TPSA) is 145 Å². The monoisotopic (exact) mass is 479 g/mol. The number of aromatic carboxylic acids is 1. The summed E-state index contributed by atoms with van der Waals surface area (Å²) in [5.74, 6) is -2.88. The number of hydrogen-bond donors (Lipinski definition) is 2. The molecule has 33 heavy (non-hydrogen) atoms. The molecule has 1 unspecified atom stereocenters. The van der Waals surface area contributed by atoms with Crippen molar-refractivity contribution >= 4 is 33.4 Å². The van der Waals surface area contributed by atoms with Crippen molar-refractivity contribution in [1.82, 2.24) is 0 Å². The Labute approximate surface area is 191 Å². The molecule has 0 fully saturated rings. The number of methoxy groups -OCH3 is 1. The van der Waals surface area contributed by atoms with E-state index in [2.05, 4.69) is 5.32 Å². The summed E-state index contributed by atoms with van der Waals surface area (Å²) in [5, 5.41) is 12.0. The zero-order valence-corrected chi connectivity index (χ0v) is 19.4. The average Bonchev–Trinajstić information content (AvgIpc) is 2.71. The fourth-order valence-electron chi connectivity index (χ4n) is 3.07. The SMILES string of the molecule is CCOc1cc(C(CS(C)(=O)=O)OC(=O)c2cccc(NC(C)=O)c2C(=O)O)ccc1OC. The first-order valence-corrected chi connectivity index (χ1v) is 11.9. The predicted octanol–water partition coefficient (Wildman–Crippen LogP) is 2.69. The Balaban J connectivity index is 2.51. The first-order valence-electron chi connectivity index (χ1n) is 9.80. The van der Waals surface area contributed by atoms with Gasteiger partial charge in [-0.25, -0.2) is 18.0 Å². The van der Waals surface area contributed by atoms with Crippen molar-refractivity contribution in [3.05, 3.63) is 53.1 Å². The highest BCUT2D eigenvalue weighted by Gasteiger charge is 2.28. The Hall–Kier alpha value is -3.60. The number of carboxylic acids is 1. The van der Waals surface area contributed by atoms with Gasteiger partial charge in [-0.2, -0.15) is 0 Å². The van der Waals surface area contributed by atoms with E-state index in [1.807, 2.05) is 0 Å². The van der Waals surface area contributed by atoms with Crippen LogP contribution in [0.5, 0.6) is 11.5 Å². The van der Waals surface area contributed by atoms with E-state index in [1.165, 1.54) is 44.4 Å². The van der Waals surface area contributed by atoms with Gasteiger partial charge < -0.3 is 24.6 Å². The van der Waals surface area contributed by atoms with Crippen molar-refractivity contribution in [2.45, 2.75) is 20.0 Å². The minimum atomic E-state index is -3.61. The molecule has 2 N–H and O–H groups in total. The number of rotatable bonds is 10. The molecule has 10 nitrogen and oxygen atoms in total. The average molecular weight is 480 g/mol. The fourth-order valence-corrected chi connectivity index (χ4v) is 3.88. The molecule has 0 saturated heterocycles. The molecule has 0 heterocycles. The Kier molecular flexibility index (Phi) is 8.41. The van der Waals surface area contributed by atoms with E-state index in [0.29, 0.717) is 23.7 Å². The number of esters is 1. The maximum atomic E-state index is 13.0. The molecule has 1 amide bonds. The number of nitrogens with one attached hydrogen (secondary N) is 1. The molecule has 0 spiro atoms. The van der Waals surface area contributed by atoms with Crippen molar-refractivity contribution in [3.8, 4) is 11.5 Å². The summed E-state index contributed by atoms with van der Waals surface area (Å²) in [7, 11) is -2.17. The molecule has 0 aliphatic carbocycles. The van der Waals surface area contributed by atoms with E-state index < -0.39 is 45.1 Å². The summed E-state index contributed by atoms with van der Waals surface area (Å²) < 4.78 is 40.3. The molecule has 1 atom stereocenters. The lowest BCUT2D eigenvalue weighted by Gasteiger charge is -2.20. The van der Waals surface area contributed by atoms with E-state index in [0.717, 1.165) is 6.26 Å². The van der Waals surface area contributed by atoms with E-state index >= 15 is 0 Å². The Bertz CT molecular complexity index is 1160. The van der Waals surface area contributed by atoms with Crippen LogP contribution in [-0.4, -0.2) is 57.1 Å². The number of hydrogen-bond acceptors (Lipinski definition) is 8. The van der Waals surface area contributed by atoms with Crippen molar-refractivity contribution < 1.29 is 42.1 Å². The second-order valence-electron chi connectivity index (χ2n) is 7.04. The highest BCUT2D eigenvalue weighted by Crippen LogP contribution is 2.33. The molecule has 2 aromatic carbocycles. The Morgan fingerprint density at radius 1 is 1.12 bits per heavy atom. The minimum Gasteiger partial charge on any atom is -0.493 e. The number of anilines is 1. The first-order chi connectivity index (χ1) is 15.5. The number of amides is 1. The van der Waals surface area contributed by atoms with Crippen molar-refractivity contribution in [2.24, 2.45) is 0 Å². The van der Waals surface area contributed by atoms with E-state index in [9.17, 15) is 27.9 Å². The summed E-state index contributed by atoms with van der Waals surface area (Å²) in [4.78, 5) is 36.2. The Morgan fingerprint density at radius 3 is 2.36 bits per heavy atom. The second-order valence-corrected chi connectivity index (χ2v) is 9.23. The summed E-state index contributed by atoms with van der Waals surface area (Å²) >= 11 is 0. The van der Waals surface area contributed by atoms with Gasteiger partial charge in [0.1, 0.15) is 6.10 Å². The third-order valence-electron chi connectivity index (χ3n) is 4.37. The van der Waals surface area contributed by atoms with Crippen molar-refractivity contribution in [2.75, 3.05) is 31.0 Å². The molecule has 2 aromatic rings. The lowest BCUT2D eigenvalue weighted by atomic mass is 10.0. The van der Waals surface area contributed by atoms with Crippen LogP contribution in [0.15, 0.2) is 36.4 Å². The number of carbonyl (C=O) groups is 3. The fraction of sp³-hybridized carbons (Fsp3) is 0.318. The van der Waals surface area contributed by atoms with Crippen LogP contribution in [0.2, 0.25) is 0 Å². The van der Waals surface area contributed by atoms with Gasteiger partial charge in [0.25, 0.3) is 0 Å². The van der Waals surface area contributed by atoms with Gasteiger partial charge in [-0.3, -0.25) is 4.79 Å². The van der Waals surface area contributed by atoms with E-state index in [-0.39, 0.29) is 11.3 Å². The van der Waals surface area contributed by atoms with Crippen LogP contribution >= 0.6 is 0 Å². The van der Waals surface area contributed by atoms with Crippen LogP contribution < -0.4 is 14.8 Å². The molecule has 0 aromatic heterocycles. The third kappa shape index (κ3) is 6.94. The summed E-state index contributed by atoms with van der Waals surface area (Å²) in [6, 6.07) is 8.49. The summed E-state index contributed by atoms with van der Waals surface area (Å²) in [6.07, 6.45) is -0.273. The quantitative estimate of drug-likeness (QED) is 0.491. The van der Waals surface area contributed by atoms with Gasteiger partial charge in [0.2, 0.25) is 5.91 Å². The molecule has 0 aliphatic heterocycles. The highest BCUT2D eigenvalue weighted by molar-refractivity contribution is 7.90. The maximum absolute atomic E-state index is 13.0. The lowest BCUT2D eigenvalue weighted by Crippen LogP contribution is -2.22. The van der Waals surface area contributed by atoms with Crippen molar-refractivity contribution in [3.63, 3.8) is 0 Å². The van der Waals surface area contributed by atoms with Crippen molar-refractivity contribution in [1.29, 1.82) is 0 Å². The van der Waals surface area contributed by atoms with E-state index in [4.69, 9.17) is 14.2 Å². The van der Waals surface area contributed by atoms with Gasteiger partial charge in [-0.15, -0.1) is 0 Å². The number of benzene rings is 2. The van der Waals surface area contributed by atoms with Gasteiger partial charge in [0, 0.05) is 13.2 Å². The van der Waals surface area contributed by atoms with Crippen LogP contribution in [0.1, 0.15) is 46.2 Å². The van der Waals surface area contributed by atoms with Crippen LogP contribution in [0.3, 0.4) is 0 Å². The maximum Gasteiger partial charge on any atom is 0.339 e. The third-order valence-corrected chi connectivity index (χ3v) is 5.28. The lowest BCUT2D eigenvalue weighted by molar-refractivity contribution is -0.114. The first kappa shape index (κ1) is 25.7. The van der Waals surface area contributed by atoms with Crippen LogP contribution in [-0.2, 0) is 19.4 Å². The molecule has 0 bridgehead atoms. The highest BCUT2D eigenvalue weighted by atomic mass is 32.2. The molecule has 0 aliphatic rings. The summed E-state index contributed by atoms with van der Waals surface area (Å²) in [6.45, 7) is 3.27. The zero-order valence-electron chi connectivity index (χ0n) is 18.6. The standard InChI is InChI=1S/C22H25NO9S/c1-5-31-18-11-14(9-10-17(18)30-3)19(12-33(4,28)29)32-22(27)15-7-6-8-16(23-13(2)24)20(15)21(25)26/h6-11,19H,5,12H2,1-4H3,(H,23,24)(H,25,26). The normalized spacial score (nSPS) is 11.9. The van der Waals surface area contributed by atoms with Gasteiger partial charge in [0.05, 0.1) is 36.3 Å². The largest absolute Gasteiger partial charge is 0.493 e. The minimum absolute atomic E-state index is 0.0906. The van der Waals surface area contributed by atoms with Gasteiger partial charge in [-0.05, 0) is 36.8 Å². The number of carbonyl (C=O) groups excluding carboxylic acids is 2. The molecular weight excluding hydrogens is 454 g/mol. The van der Waals surface area contributed by atoms with Gasteiger partial charge in [0.15, 0.2) is 21.3 Å². The number of sulfone groups is 1. The Morgan fingerprint density at radius 2 is 1.82 bits per heavy atom. The molecule has 178 valence electrons. The number of carboxylic acid groups (broad SMARTS) is 1. The zero-order chi connectivity index (χ0) is 24.8. The van der Waals surface area contributed by atoms with Gasteiger partial charge >= 0.3 is 11.9 Å². The van der Waals surface area contributed by atoms with Crippen LogP contribution in [0, 0.1) is 0 Å². The van der Waals surface area contributed by atoms with E-state index in [1.54, 1.807) is 13.0 Å². The van der Waals surface area contributed by atoms with Crippen LogP contribution in [0.25, 0.3) is 0 Å².